The van der Waals surface area contributed by atoms with E-state index in [1.165, 1.54) is 0 Å². The number of benzene rings is 2. The van der Waals surface area contributed by atoms with Gasteiger partial charge in [-0.15, -0.1) is 11.3 Å². The second kappa shape index (κ2) is 6.23. The van der Waals surface area contributed by atoms with E-state index in [-0.39, 0.29) is 5.75 Å². The molecule has 23 heavy (non-hydrogen) atoms. The van der Waals surface area contributed by atoms with E-state index in [1.54, 1.807) is 36.5 Å². The quantitative estimate of drug-likeness (QED) is 0.679. The van der Waals surface area contributed by atoms with Gasteiger partial charge < -0.3 is 0 Å². The van der Waals surface area contributed by atoms with Crippen LogP contribution in [0.4, 0.5) is 0 Å². The molecule has 0 bridgehead atoms. The largest absolute Gasteiger partial charge is 0.242 e. The van der Waals surface area contributed by atoms with Crippen LogP contribution in [-0.2, 0) is 16.3 Å². The Morgan fingerprint density at radius 3 is 2.74 bits per heavy atom. The smallest absolute Gasteiger partial charge is 0.179 e. The summed E-state index contributed by atoms with van der Waals surface area (Å²) in [7, 11) is -3.36. The standard InChI is InChI=1S/C17H16ClNO2S2/c1-11-14(18)4-3-5-17(11)23(20,21)9-8-13-6-7-16-15(10-13)19-12(2)22-16/h3-7,10H,8-9H2,1-2H3. The molecule has 3 rings (SSSR count). The van der Waals surface area contributed by atoms with E-state index < -0.39 is 9.84 Å². The summed E-state index contributed by atoms with van der Waals surface area (Å²) in [6.45, 7) is 3.70. The molecule has 0 spiro atoms. The normalized spacial score (nSPS) is 12.0. The van der Waals surface area contributed by atoms with Crippen LogP contribution in [0.3, 0.4) is 0 Å². The van der Waals surface area contributed by atoms with E-state index in [2.05, 4.69) is 4.98 Å². The van der Waals surface area contributed by atoms with Gasteiger partial charge in [-0.2, -0.15) is 0 Å². The van der Waals surface area contributed by atoms with Gasteiger partial charge in [0.15, 0.2) is 9.84 Å². The average Bonchev–Trinajstić information content (AvgIpc) is 2.87. The predicted octanol–water partition coefficient (Wildman–Crippen LogP) is 4.58. The van der Waals surface area contributed by atoms with E-state index in [4.69, 9.17) is 11.6 Å². The Kier molecular flexibility index (Phi) is 4.45. The number of aromatic nitrogens is 1. The molecule has 0 saturated heterocycles. The van der Waals surface area contributed by atoms with Gasteiger partial charge >= 0.3 is 0 Å². The fourth-order valence-electron chi connectivity index (χ4n) is 2.53. The van der Waals surface area contributed by atoms with E-state index in [0.717, 1.165) is 20.8 Å². The summed E-state index contributed by atoms with van der Waals surface area (Å²) in [5.41, 5.74) is 2.52. The molecule has 1 heterocycles. The molecule has 2 aromatic carbocycles. The van der Waals surface area contributed by atoms with Gasteiger partial charge in [0, 0.05) is 5.02 Å². The Labute approximate surface area is 144 Å². The van der Waals surface area contributed by atoms with Crippen molar-refractivity contribution in [3.63, 3.8) is 0 Å². The van der Waals surface area contributed by atoms with Crippen molar-refractivity contribution in [2.75, 3.05) is 5.75 Å². The molecule has 0 saturated carbocycles. The third kappa shape index (κ3) is 3.42. The molecule has 1 aromatic heterocycles. The van der Waals surface area contributed by atoms with Crippen LogP contribution in [0.1, 0.15) is 16.1 Å². The van der Waals surface area contributed by atoms with Crippen LogP contribution in [0.5, 0.6) is 0 Å². The minimum atomic E-state index is -3.36. The number of nitrogens with zero attached hydrogens (tertiary/aromatic N) is 1. The van der Waals surface area contributed by atoms with Crippen LogP contribution in [0.2, 0.25) is 5.02 Å². The summed E-state index contributed by atoms with van der Waals surface area (Å²) < 4.78 is 26.3. The highest BCUT2D eigenvalue weighted by Gasteiger charge is 2.18. The second-order valence-corrected chi connectivity index (χ2v) is 9.19. The lowest BCUT2D eigenvalue weighted by molar-refractivity contribution is 0.594. The summed E-state index contributed by atoms with van der Waals surface area (Å²) in [6, 6.07) is 10.9. The number of hydrogen-bond acceptors (Lipinski definition) is 4. The Hall–Kier alpha value is -1.43. The summed E-state index contributed by atoms with van der Waals surface area (Å²) in [5.74, 6) is 0.0583. The van der Waals surface area contributed by atoms with Crippen LogP contribution >= 0.6 is 22.9 Å². The maximum absolute atomic E-state index is 12.6. The molecule has 3 nitrogen and oxygen atoms in total. The van der Waals surface area contributed by atoms with Gasteiger partial charge in [0.05, 0.1) is 25.9 Å². The first-order chi connectivity index (χ1) is 10.9. The van der Waals surface area contributed by atoms with E-state index in [1.807, 2.05) is 25.1 Å². The van der Waals surface area contributed by atoms with Crippen molar-refractivity contribution < 1.29 is 8.42 Å². The lowest BCUT2D eigenvalue weighted by Crippen LogP contribution is -2.11. The maximum Gasteiger partial charge on any atom is 0.179 e. The van der Waals surface area contributed by atoms with Gasteiger partial charge in [-0.25, -0.2) is 13.4 Å². The lowest BCUT2D eigenvalue weighted by Gasteiger charge is -2.09. The summed E-state index contributed by atoms with van der Waals surface area (Å²) in [5, 5.41) is 1.49. The van der Waals surface area contributed by atoms with Gasteiger partial charge in [-0.1, -0.05) is 23.7 Å². The van der Waals surface area contributed by atoms with Gasteiger partial charge in [0.1, 0.15) is 0 Å². The number of hydrogen-bond donors (Lipinski definition) is 0. The molecule has 0 atom stereocenters. The molecule has 120 valence electrons. The number of fused-ring (bicyclic) bond motifs is 1. The highest BCUT2D eigenvalue weighted by atomic mass is 35.5. The molecule has 0 amide bonds. The van der Waals surface area contributed by atoms with Crippen molar-refractivity contribution in [2.24, 2.45) is 0 Å². The number of rotatable bonds is 4. The molecule has 0 N–H and O–H groups in total. The zero-order chi connectivity index (χ0) is 16.6. The van der Waals surface area contributed by atoms with Crippen molar-refractivity contribution in [3.8, 4) is 0 Å². The first-order valence-corrected chi connectivity index (χ1v) is 10.1. The summed E-state index contributed by atoms with van der Waals surface area (Å²) in [4.78, 5) is 4.77. The SMILES string of the molecule is Cc1nc2cc(CCS(=O)(=O)c3cccc(Cl)c3C)ccc2s1. The van der Waals surface area contributed by atoms with Crippen LogP contribution < -0.4 is 0 Å². The zero-order valence-electron chi connectivity index (χ0n) is 12.8. The highest BCUT2D eigenvalue weighted by molar-refractivity contribution is 7.91. The summed E-state index contributed by atoms with van der Waals surface area (Å²) in [6.07, 6.45) is 0.459. The second-order valence-electron chi connectivity index (χ2n) is 5.47. The first kappa shape index (κ1) is 16.4. The third-order valence-electron chi connectivity index (χ3n) is 3.77. The number of sulfone groups is 1. The Balaban J connectivity index is 1.84. The fourth-order valence-corrected chi connectivity index (χ4v) is 5.16. The maximum atomic E-state index is 12.6. The molecule has 0 unspecified atom stereocenters. The first-order valence-electron chi connectivity index (χ1n) is 7.21. The van der Waals surface area contributed by atoms with Crippen molar-refractivity contribution in [1.29, 1.82) is 0 Å². The van der Waals surface area contributed by atoms with Gasteiger partial charge in [0.25, 0.3) is 0 Å². The lowest BCUT2D eigenvalue weighted by atomic mass is 10.2. The molecule has 0 aliphatic carbocycles. The Morgan fingerprint density at radius 2 is 1.96 bits per heavy atom. The van der Waals surface area contributed by atoms with Crippen LogP contribution in [0, 0.1) is 13.8 Å². The minimum Gasteiger partial charge on any atom is -0.242 e. The molecular weight excluding hydrogens is 350 g/mol. The van der Waals surface area contributed by atoms with Crippen LogP contribution in [0.15, 0.2) is 41.3 Å². The number of halogens is 1. The van der Waals surface area contributed by atoms with Crippen LogP contribution in [0.25, 0.3) is 10.2 Å². The van der Waals surface area contributed by atoms with E-state index in [0.29, 0.717) is 21.9 Å². The van der Waals surface area contributed by atoms with Crippen LogP contribution in [-0.4, -0.2) is 19.2 Å². The van der Waals surface area contributed by atoms with Crippen molar-refractivity contribution in [3.05, 3.63) is 57.6 Å². The molecule has 0 aliphatic heterocycles. The predicted molar refractivity (Wildman–Crippen MR) is 96.3 cm³/mol. The van der Waals surface area contributed by atoms with Gasteiger partial charge in [0.2, 0.25) is 0 Å². The van der Waals surface area contributed by atoms with E-state index >= 15 is 0 Å². The molecule has 0 fully saturated rings. The number of aryl methyl sites for hydroxylation is 2. The monoisotopic (exact) mass is 365 g/mol. The molecule has 3 aromatic rings. The molecular formula is C17H16ClNO2S2. The van der Waals surface area contributed by atoms with Gasteiger partial charge in [-0.05, 0) is 55.7 Å². The van der Waals surface area contributed by atoms with Crippen molar-refractivity contribution >= 4 is 43.0 Å². The van der Waals surface area contributed by atoms with E-state index in [9.17, 15) is 8.42 Å². The Morgan fingerprint density at radius 1 is 1.17 bits per heavy atom. The molecule has 0 radical (unpaired) electrons. The van der Waals surface area contributed by atoms with Crippen molar-refractivity contribution in [2.45, 2.75) is 25.2 Å². The molecule has 0 aliphatic rings. The topological polar surface area (TPSA) is 47.0 Å². The molecule has 6 heteroatoms. The number of thiazole rings is 1. The van der Waals surface area contributed by atoms with Gasteiger partial charge in [-0.3, -0.25) is 0 Å². The zero-order valence-corrected chi connectivity index (χ0v) is 15.2. The summed E-state index contributed by atoms with van der Waals surface area (Å²) >= 11 is 7.67. The highest BCUT2D eigenvalue weighted by Crippen LogP contribution is 2.25. The minimum absolute atomic E-state index is 0.0583. The van der Waals surface area contributed by atoms with Crippen molar-refractivity contribution in [1.82, 2.24) is 4.98 Å². The average molecular weight is 366 g/mol. The third-order valence-corrected chi connectivity index (χ3v) is 6.99. The Bertz CT molecular complexity index is 977. The fraction of sp³-hybridized carbons (Fsp3) is 0.235.